The smallest absolute Gasteiger partial charge is 0.247 e. The van der Waals surface area contributed by atoms with E-state index in [9.17, 15) is 13.2 Å². The van der Waals surface area contributed by atoms with E-state index in [-0.39, 0.29) is 0 Å². The molecule has 0 radical (unpaired) electrons. The highest BCUT2D eigenvalue weighted by molar-refractivity contribution is 9.10. The van der Waals surface area contributed by atoms with Gasteiger partial charge in [-0.05, 0) is 62.4 Å². The average Bonchev–Trinajstić information content (AvgIpc) is 2.57. The molecule has 2 aromatic rings. The molecule has 2 rings (SSSR count). The molecule has 0 aliphatic rings. The highest BCUT2D eigenvalue weighted by Gasteiger charge is 2.29. The molecule has 140 valence electrons. The monoisotopic (exact) mass is 440 g/mol. The van der Waals surface area contributed by atoms with Crippen molar-refractivity contribution in [1.82, 2.24) is 0 Å². The molecule has 0 saturated heterocycles. The van der Waals surface area contributed by atoms with Crippen molar-refractivity contribution in [2.45, 2.75) is 19.9 Å². The maximum atomic E-state index is 12.6. The molecular formula is C18H21BrN2O4S. The molecule has 0 aromatic heterocycles. The van der Waals surface area contributed by atoms with Gasteiger partial charge < -0.3 is 10.1 Å². The van der Waals surface area contributed by atoms with Crippen molar-refractivity contribution in [3.63, 3.8) is 0 Å². The fourth-order valence-corrected chi connectivity index (χ4v) is 3.88. The van der Waals surface area contributed by atoms with E-state index < -0.39 is 22.0 Å². The van der Waals surface area contributed by atoms with Crippen LogP contribution in [0.25, 0.3) is 0 Å². The van der Waals surface area contributed by atoms with Gasteiger partial charge in [-0.2, -0.15) is 0 Å². The third-order valence-electron chi connectivity index (χ3n) is 3.60. The Bertz CT molecular complexity index is 852. The predicted octanol–water partition coefficient (Wildman–Crippen LogP) is 3.64. The number of hydrogen-bond donors (Lipinski definition) is 1. The molecule has 0 unspecified atom stereocenters. The second-order valence-corrected chi connectivity index (χ2v) is 8.43. The van der Waals surface area contributed by atoms with E-state index in [1.54, 1.807) is 55.5 Å². The van der Waals surface area contributed by atoms with E-state index in [4.69, 9.17) is 4.74 Å². The Balaban J connectivity index is 2.25. The van der Waals surface area contributed by atoms with Crippen molar-refractivity contribution in [2.75, 3.05) is 22.5 Å². The Labute approximate surface area is 162 Å². The van der Waals surface area contributed by atoms with Crippen molar-refractivity contribution in [1.29, 1.82) is 0 Å². The lowest BCUT2D eigenvalue weighted by molar-refractivity contribution is -0.116. The summed E-state index contributed by atoms with van der Waals surface area (Å²) >= 11 is 3.33. The van der Waals surface area contributed by atoms with Crippen LogP contribution in [0.1, 0.15) is 13.8 Å². The van der Waals surface area contributed by atoms with Gasteiger partial charge in [0.1, 0.15) is 11.8 Å². The zero-order chi connectivity index (χ0) is 19.3. The SMILES string of the molecule is CCOc1ccc(N([C@@H](C)C(=O)Nc2ccc(Br)cc2)S(C)(=O)=O)cc1. The lowest BCUT2D eigenvalue weighted by atomic mass is 10.2. The van der Waals surface area contributed by atoms with Crippen LogP contribution in [0.5, 0.6) is 5.75 Å². The molecule has 0 fully saturated rings. The molecule has 2 aromatic carbocycles. The summed E-state index contributed by atoms with van der Waals surface area (Å²) in [5, 5.41) is 2.73. The first-order valence-electron chi connectivity index (χ1n) is 8.01. The highest BCUT2D eigenvalue weighted by Crippen LogP contribution is 2.24. The lowest BCUT2D eigenvalue weighted by Gasteiger charge is -2.28. The third-order valence-corrected chi connectivity index (χ3v) is 5.37. The van der Waals surface area contributed by atoms with Crippen molar-refractivity contribution in [2.24, 2.45) is 0 Å². The Hall–Kier alpha value is -2.06. The van der Waals surface area contributed by atoms with E-state index in [2.05, 4.69) is 21.2 Å². The average molecular weight is 441 g/mol. The topological polar surface area (TPSA) is 75.7 Å². The Morgan fingerprint density at radius 2 is 1.73 bits per heavy atom. The van der Waals surface area contributed by atoms with Gasteiger partial charge in [-0.15, -0.1) is 0 Å². The molecule has 1 N–H and O–H groups in total. The van der Waals surface area contributed by atoms with Gasteiger partial charge >= 0.3 is 0 Å². The van der Waals surface area contributed by atoms with Crippen LogP contribution in [0.2, 0.25) is 0 Å². The summed E-state index contributed by atoms with van der Waals surface area (Å²) in [7, 11) is -3.66. The summed E-state index contributed by atoms with van der Waals surface area (Å²) in [6.07, 6.45) is 1.08. The second-order valence-electron chi connectivity index (χ2n) is 5.66. The summed E-state index contributed by atoms with van der Waals surface area (Å²) < 4.78 is 31.9. The van der Waals surface area contributed by atoms with Crippen molar-refractivity contribution < 1.29 is 17.9 Å². The minimum absolute atomic E-state index is 0.398. The largest absolute Gasteiger partial charge is 0.494 e. The first kappa shape index (κ1) is 20.3. The number of benzene rings is 2. The van der Waals surface area contributed by atoms with E-state index in [0.717, 1.165) is 15.0 Å². The molecule has 1 atom stereocenters. The van der Waals surface area contributed by atoms with Crippen LogP contribution in [0.3, 0.4) is 0 Å². The van der Waals surface area contributed by atoms with E-state index >= 15 is 0 Å². The number of ether oxygens (including phenoxy) is 1. The third kappa shape index (κ3) is 5.22. The van der Waals surface area contributed by atoms with Crippen molar-refractivity contribution >= 4 is 43.2 Å². The van der Waals surface area contributed by atoms with Crippen LogP contribution in [-0.2, 0) is 14.8 Å². The number of amides is 1. The van der Waals surface area contributed by atoms with Gasteiger partial charge in [-0.1, -0.05) is 15.9 Å². The van der Waals surface area contributed by atoms with E-state index in [1.807, 2.05) is 6.92 Å². The predicted molar refractivity (Wildman–Crippen MR) is 107 cm³/mol. The summed E-state index contributed by atoms with van der Waals surface area (Å²) in [4.78, 5) is 12.6. The highest BCUT2D eigenvalue weighted by atomic mass is 79.9. The molecule has 0 bridgehead atoms. The van der Waals surface area contributed by atoms with Gasteiger partial charge in [-0.3, -0.25) is 9.10 Å². The molecule has 0 heterocycles. The molecule has 0 aliphatic carbocycles. The minimum atomic E-state index is -3.66. The zero-order valence-electron chi connectivity index (χ0n) is 14.8. The van der Waals surface area contributed by atoms with Crippen LogP contribution in [0.15, 0.2) is 53.0 Å². The molecule has 0 spiro atoms. The van der Waals surface area contributed by atoms with Crippen LogP contribution < -0.4 is 14.4 Å². The fourth-order valence-electron chi connectivity index (χ4n) is 2.44. The molecule has 6 nitrogen and oxygen atoms in total. The van der Waals surface area contributed by atoms with Gasteiger partial charge in [-0.25, -0.2) is 8.42 Å². The molecule has 1 amide bonds. The summed E-state index contributed by atoms with van der Waals surface area (Å²) in [6, 6.07) is 12.7. The number of anilines is 2. The maximum Gasteiger partial charge on any atom is 0.247 e. The van der Waals surface area contributed by atoms with E-state index in [0.29, 0.717) is 23.7 Å². The standard InChI is InChI=1S/C18H21BrN2O4S/c1-4-25-17-11-9-16(10-12-17)21(26(3,23)24)13(2)18(22)20-15-7-5-14(19)6-8-15/h5-13H,4H2,1-3H3,(H,20,22)/t13-/m0/s1. The number of hydrogen-bond acceptors (Lipinski definition) is 4. The molecule has 0 saturated carbocycles. The second kappa shape index (κ2) is 8.55. The lowest BCUT2D eigenvalue weighted by Crippen LogP contribution is -2.45. The number of halogens is 1. The van der Waals surface area contributed by atoms with Crippen molar-refractivity contribution in [3.05, 3.63) is 53.0 Å². The number of sulfonamides is 1. The van der Waals surface area contributed by atoms with Gasteiger partial charge in [0, 0.05) is 10.2 Å². The van der Waals surface area contributed by atoms with Crippen LogP contribution >= 0.6 is 15.9 Å². The van der Waals surface area contributed by atoms with Crippen LogP contribution in [-0.4, -0.2) is 33.2 Å². The number of nitrogens with one attached hydrogen (secondary N) is 1. The Kier molecular flexibility index (Phi) is 6.66. The minimum Gasteiger partial charge on any atom is -0.494 e. The fraction of sp³-hybridized carbons (Fsp3) is 0.278. The van der Waals surface area contributed by atoms with Gasteiger partial charge in [0.25, 0.3) is 0 Å². The first-order valence-corrected chi connectivity index (χ1v) is 10.6. The molecular weight excluding hydrogens is 420 g/mol. The molecule has 0 aliphatic heterocycles. The van der Waals surface area contributed by atoms with Gasteiger partial charge in [0.2, 0.25) is 15.9 Å². The number of rotatable bonds is 7. The van der Waals surface area contributed by atoms with Crippen LogP contribution in [0.4, 0.5) is 11.4 Å². The van der Waals surface area contributed by atoms with Crippen molar-refractivity contribution in [3.8, 4) is 5.75 Å². The summed E-state index contributed by atoms with van der Waals surface area (Å²) in [6.45, 7) is 3.93. The normalized spacial score (nSPS) is 12.3. The number of carbonyl (C=O) groups is 1. The van der Waals surface area contributed by atoms with E-state index in [1.165, 1.54) is 0 Å². The van der Waals surface area contributed by atoms with Gasteiger partial charge in [0.05, 0.1) is 18.6 Å². The summed E-state index contributed by atoms with van der Waals surface area (Å²) in [5.74, 6) is 0.211. The number of nitrogens with zero attached hydrogens (tertiary/aromatic N) is 1. The molecule has 8 heteroatoms. The maximum absolute atomic E-state index is 12.6. The first-order chi connectivity index (χ1) is 12.2. The number of carbonyl (C=O) groups excluding carboxylic acids is 1. The quantitative estimate of drug-likeness (QED) is 0.712. The Morgan fingerprint density at radius 3 is 2.23 bits per heavy atom. The summed E-state index contributed by atoms with van der Waals surface area (Å²) in [5.41, 5.74) is 0.986. The zero-order valence-corrected chi connectivity index (χ0v) is 17.2. The molecule has 26 heavy (non-hydrogen) atoms. The van der Waals surface area contributed by atoms with Gasteiger partial charge in [0.15, 0.2) is 0 Å². The van der Waals surface area contributed by atoms with Crippen LogP contribution in [0, 0.1) is 0 Å². The Morgan fingerprint density at radius 1 is 1.15 bits per heavy atom.